The van der Waals surface area contributed by atoms with Gasteiger partial charge in [0.05, 0.1) is 14.2 Å². The van der Waals surface area contributed by atoms with Crippen LogP contribution in [-0.2, 0) is 0 Å². The number of carbonyl (C=O) groups excluding carboxylic acids is 1. The van der Waals surface area contributed by atoms with Crippen molar-refractivity contribution in [1.29, 1.82) is 0 Å². The van der Waals surface area contributed by atoms with E-state index >= 15 is 0 Å². The summed E-state index contributed by atoms with van der Waals surface area (Å²) < 4.78 is 16.1. The summed E-state index contributed by atoms with van der Waals surface area (Å²) in [6, 6.07) is 7.43. The lowest BCUT2D eigenvalue weighted by Crippen LogP contribution is -2.36. The fourth-order valence-corrected chi connectivity index (χ4v) is 2.74. The molecule has 7 nitrogen and oxygen atoms in total. The number of aliphatic hydroxyl groups is 1. The number of hydrogen-bond donors (Lipinski definition) is 3. The number of phenolic OH excluding ortho intramolecular Hbond substituents is 2. The van der Waals surface area contributed by atoms with Crippen LogP contribution in [0.5, 0.6) is 28.7 Å². The van der Waals surface area contributed by atoms with Gasteiger partial charge in [-0.1, -0.05) is 18.2 Å². The van der Waals surface area contributed by atoms with Gasteiger partial charge in [-0.15, -0.1) is 0 Å². The molecule has 3 N–H and O–H groups in total. The molecule has 0 bridgehead atoms. The van der Waals surface area contributed by atoms with Gasteiger partial charge in [-0.05, 0) is 6.07 Å². The van der Waals surface area contributed by atoms with E-state index in [1.807, 2.05) is 0 Å². The van der Waals surface area contributed by atoms with Crippen LogP contribution < -0.4 is 14.2 Å². The first-order chi connectivity index (χ1) is 11.5. The van der Waals surface area contributed by atoms with E-state index in [1.54, 1.807) is 12.1 Å². The van der Waals surface area contributed by atoms with E-state index in [-0.39, 0.29) is 39.9 Å². The van der Waals surface area contributed by atoms with Crippen LogP contribution in [0.1, 0.15) is 22.0 Å². The monoisotopic (exact) mass is 332 g/mol. The molecule has 1 aliphatic heterocycles. The van der Waals surface area contributed by atoms with Crippen LogP contribution >= 0.6 is 0 Å². The zero-order chi connectivity index (χ0) is 17.4. The first-order valence-electron chi connectivity index (χ1n) is 7.14. The minimum absolute atomic E-state index is 0.0436. The van der Waals surface area contributed by atoms with Crippen LogP contribution in [0.4, 0.5) is 0 Å². The van der Waals surface area contributed by atoms with Crippen LogP contribution in [0.2, 0.25) is 0 Å². The van der Waals surface area contributed by atoms with Gasteiger partial charge in [-0.3, -0.25) is 4.79 Å². The molecule has 0 fully saturated rings. The van der Waals surface area contributed by atoms with E-state index < -0.39 is 18.0 Å². The number of fused-ring (bicyclic) bond motifs is 1. The maximum Gasteiger partial charge on any atom is 0.204 e. The number of carbonyl (C=O) groups is 1. The highest BCUT2D eigenvalue weighted by atomic mass is 16.5. The maximum absolute atomic E-state index is 12.5. The molecule has 0 aliphatic carbocycles. The van der Waals surface area contributed by atoms with Gasteiger partial charge in [0.1, 0.15) is 17.1 Å². The Bertz CT molecular complexity index is 800. The molecule has 7 heteroatoms. The molecule has 0 spiro atoms. The van der Waals surface area contributed by atoms with Crippen LogP contribution in [0, 0.1) is 0 Å². The number of aromatic hydroxyl groups is 2. The van der Waals surface area contributed by atoms with Gasteiger partial charge in [0, 0.05) is 11.6 Å². The van der Waals surface area contributed by atoms with Crippen LogP contribution in [-0.4, -0.2) is 41.4 Å². The molecule has 3 rings (SSSR count). The average molecular weight is 332 g/mol. The fraction of sp³-hybridized carbons (Fsp3) is 0.235. The van der Waals surface area contributed by atoms with Crippen molar-refractivity contribution in [1.82, 2.24) is 0 Å². The fourth-order valence-electron chi connectivity index (χ4n) is 2.74. The van der Waals surface area contributed by atoms with Crippen molar-refractivity contribution in [3.63, 3.8) is 0 Å². The summed E-state index contributed by atoms with van der Waals surface area (Å²) >= 11 is 0. The lowest BCUT2D eigenvalue weighted by molar-refractivity contribution is 0.0190. The second kappa shape index (κ2) is 5.93. The highest BCUT2D eigenvalue weighted by molar-refractivity contribution is 6.06. The average Bonchev–Trinajstić information content (AvgIpc) is 2.58. The molecule has 0 radical (unpaired) electrons. The number of hydrogen-bond acceptors (Lipinski definition) is 7. The van der Waals surface area contributed by atoms with Crippen LogP contribution in [0.3, 0.4) is 0 Å². The number of phenols is 2. The van der Waals surface area contributed by atoms with E-state index in [9.17, 15) is 20.1 Å². The Kier molecular flexibility index (Phi) is 3.94. The van der Waals surface area contributed by atoms with Gasteiger partial charge in [0.2, 0.25) is 11.5 Å². The molecule has 0 saturated heterocycles. The van der Waals surface area contributed by atoms with Crippen LogP contribution in [0.15, 0.2) is 30.3 Å². The smallest absolute Gasteiger partial charge is 0.204 e. The second-order valence-electron chi connectivity index (χ2n) is 5.24. The number of aliphatic hydroxyl groups excluding tert-OH is 1. The molecular weight excluding hydrogens is 316 g/mol. The summed E-state index contributed by atoms with van der Waals surface area (Å²) in [7, 11) is 2.74. The minimum atomic E-state index is -1.59. The third-order valence-electron chi connectivity index (χ3n) is 3.89. The third kappa shape index (κ3) is 2.30. The predicted molar refractivity (Wildman–Crippen MR) is 83.0 cm³/mol. The number of benzene rings is 2. The van der Waals surface area contributed by atoms with E-state index in [0.717, 1.165) is 0 Å². The van der Waals surface area contributed by atoms with Crippen molar-refractivity contribution in [2.24, 2.45) is 0 Å². The highest BCUT2D eigenvalue weighted by Gasteiger charge is 2.42. The predicted octanol–water partition coefficient (Wildman–Crippen LogP) is 1.79. The Balaban J connectivity index is 2.19. The summed E-state index contributed by atoms with van der Waals surface area (Å²) in [5.41, 5.74) is 0.0557. The van der Waals surface area contributed by atoms with Gasteiger partial charge in [-0.25, -0.2) is 0 Å². The molecule has 126 valence electrons. The van der Waals surface area contributed by atoms with Crippen molar-refractivity contribution in [3.05, 3.63) is 41.5 Å². The Morgan fingerprint density at radius 3 is 2.42 bits per heavy atom. The summed E-state index contributed by atoms with van der Waals surface area (Å²) in [5.74, 6) is -0.993. The number of ketones is 1. The number of para-hydroxylation sites is 1. The van der Waals surface area contributed by atoms with Crippen molar-refractivity contribution in [3.8, 4) is 28.7 Å². The standard InChI is InChI=1S/C17H16O7/c1-22-11-7-10(19)12-13(20)14(21)15(24-17(12)16(11)23-2)8-5-3-4-6-9(8)18/h3-7,14-15,18-19,21H,1-2H3/t14-,15-/m0/s1. The summed E-state index contributed by atoms with van der Waals surface area (Å²) in [6.45, 7) is 0. The molecule has 24 heavy (non-hydrogen) atoms. The summed E-state index contributed by atoms with van der Waals surface area (Å²) in [4.78, 5) is 12.5. The first-order valence-corrected chi connectivity index (χ1v) is 7.14. The number of ether oxygens (including phenoxy) is 3. The van der Waals surface area contributed by atoms with Gasteiger partial charge in [0.15, 0.2) is 23.7 Å². The number of methoxy groups -OCH3 is 2. The quantitative estimate of drug-likeness (QED) is 0.787. The number of rotatable bonds is 3. The maximum atomic E-state index is 12.5. The Morgan fingerprint density at radius 2 is 1.79 bits per heavy atom. The molecule has 2 atom stereocenters. The minimum Gasteiger partial charge on any atom is -0.508 e. The normalized spacial score (nSPS) is 19.4. The Labute approximate surface area is 137 Å². The molecule has 1 heterocycles. The number of Topliss-reactive ketones (excluding diaryl/α,β-unsaturated/α-hetero) is 1. The van der Waals surface area contributed by atoms with Crippen molar-refractivity contribution in [2.45, 2.75) is 12.2 Å². The van der Waals surface area contributed by atoms with E-state index in [4.69, 9.17) is 14.2 Å². The van der Waals surface area contributed by atoms with Crippen molar-refractivity contribution >= 4 is 5.78 Å². The van der Waals surface area contributed by atoms with Crippen molar-refractivity contribution < 1.29 is 34.3 Å². The van der Waals surface area contributed by atoms with Gasteiger partial charge >= 0.3 is 0 Å². The highest BCUT2D eigenvalue weighted by Crippen LogP contribution is 2.50. The molecule has 0 unspecified atom stereocenters. The molecule has 2 aromatic rings. The summed E-state index contributed by atoms with van der Waals surface area (Å²) in [6.07, 6.45) is -2.73. The molecule has 0 saturated carbocycles. The molecular formula is C17H16O7. The summed E-state index contributed by atoms with van der Waals surface area (Å²) in [5, 5.41) is 30.4. The Morgan fingerprint density at radius 1 is 1.08 bits per heavy atom. The second-order valence-corrected chi connectivity index (χ2v) is 5.24. The molecule has 1 aliphatic rings. The largest absolute Gasteiger partial charge is 0.508 e. The van der Waals surface area contributed by atoms with E-state index in [1.165, 1.54) is 32.4 Å². The topological polar surface area (TPSA) is 105 Å². The van der Waals surface area contributed by atoms with Gasteiger partial charge in [0.25, 0.3) is 0 Å². The van der Waals surface area contributed by atoms with E-state index in [0.29, 0.717) is 0 Å². The lowest BCUT2D eigenvalue weighted by Gasteiger charge is -2.31. The molecule has 0 aromatic heterocycles. The van der Waals surface area contributed by atoms with Crippen LogP contribution in [0.25, 0.3) is 0 Å². The van der Waals surface area contributed by atoms with Gasteiger partial charge in [-0.2, -0.15) is 0 Å². The van der Waals surface area contributed by atoms with E-state index in [2.05, 4.69) is 0 Å². The van der Waals surface area contributed by atoms with Gasteiger partial charge < -0.3 is 29.5 Å². The molecule has 0 amide bonds. The SMILES string of the molecule is COc1cc(O)c2c(c1OC)O[C@@H](c1ccccc1O)[C@@H](O)C2=O. The lowest BCUT2D eigenvalue weighted by atomic mass is 9.92. The van der Waals surface area contributed by atoms with Crippen molar-refractivity contribution in [2.75, 3.05) is 14.2 Å². The first kappa shape index (κ1) is 15.9. The zero-order valence-electron chi connectivity index (χ0n) is 13.0. The molecule has 2 aromatic carbocycles. The third-order valence-corrected chi connectivity index (χ3v) is 3.89. The Hall–Kier alpha value is -2.93. The zero-order valence-corrected chi connectivity index (χ0v) is 13.0.